The first kappa shape index (κ1) is 13.0. The van der Waals surface area contributed by atoms with Crippen molar-refractivity contribution >= 4 is 11.3 Å². The minimum absolute atomic E-state index is 0.789. The van der Waals surface area contributed by atoms with Crippen molar-refractivity contribution in [1.82, 2.24) is 20.5 Å². The number of nitrogens with one attached hydrogen (secondary N) is 2. The molecule has 20 heavy (non-hydrogen) atoms. The zero-order chi connectivity index (χ0) is 13.8. The first-order valence-corrected chi connectivity index (χ1v) is 7.39. The van der Waals surface area contributed by atoms with Crippen molar-refractivity contribution < 1.29 is 0 Å². The summed E-state index contributed by atoms with van der Waals surface area (Å²) in [7, 11) is 0. The third kappa shape index (κ3) is 2.95. The quantitative estimate of drug-likeness (QED) is 0.757. The molecule has 0 atom stereocenters. The van der Waals surface area contributed by atoms with E-state index in [-0.39, 0.29) is 0 Å². The lowest BCUT2D eigenvalue weighted by atomic mass is 10.2. The molecule has 3 rings (SSSR count). The van der Waals surface area contributed by atoms with Gasteiger partial charge in [-0.05, 0) is 30.0 Å². The van der Waals surface area contributed by atoms with Crippen LogP contribution in [-0.2, 0) is 13.1 Å². The van der Waals surface area contributed by atoms with E-state index in [2.05, 4.69) is 44.1 Å². The van der Waals surface area contributed by atoms with E-state index in [0.717, 1.165) is 24.5 Å². The van der Waals surface area contributed by atoms with Gasteiger partial charge in [-0.25, -0.2) is 0 Å². The Labute approximate surface area is 121 Å². The molecular formula is C15H16N4S. The summed E-state index contributed by atoms with van der Waals surface area (Å²) < 4.78 is 0. The Bertz CT molecular complexity index is 656. The predicted molar refractivity (Wildman–Crippen MR) is 81.4 cm³/mol. The van der Waals surface area contributed by atoms with Crippen LogP contribution in [0, 0.1) is 6.92 Å². The summed E-state index contributed by atoms with van der Waals surface area (Å²) in [5.41, 5.74) is 4.53. The standard InChI is InChI=1S/C15H16N4S/c1-11-4-5-12(8-17-11)7-16-9-13-10-18-19-15(13)14-3-2-6-20-14/h2-6,8,10,16H,7,9H2,1H3,(H,18,19). The van der Waals surface area contributed by atoms with Gasteiger partial charge in [0.25, 0.3) is 0 Å². The van der Waals surface area contributed by atoms with Gasteiger partial charge in [0.2, 0.25) is 0 Å². The summed E-state index contributed by atoms with van der Waals surface area (Å²) in [5.74, 6) is 0. The van der Waals surface area contributed by atoms with Gasteiger partial charge in [0.05, 0.1) is 16.8 Å². The van der Waals surface area contributed by atoms with Gasteiger partial charge < -0.3 is 5.32 Å². The number of aromatic amines is 1. The minimum atomic E-state index is 0.789. The maximum absolute atomic E-state index is 4.30. The molecule has 0 aliphatic rings. The Hall–Kier alpha value is -1.98. The molecule has 0 radical (unpaired) electrons. The fourth-order valence-corrected chi connectivity index (χ4v) is 2.78. The van der Waals surface area contributed by atoms with Gasteiger partial charge in [0, 0.05) is 30.5 Å². The Morgan fingerprint density at radius 1 is 1.20 bits per heavy atom. The highest BCUT2D eigenvalue weighted by molar-refractivity contribution is 7.13. The highest BCUT2D eigenvalue weighted by atomic mass is 32.1. The monoisotopic (exact) mass is 284 g/mol. The van der Waals surface area contributed by atoms with Crippen molar-refractivity contribution in [3.05, 3.63) is 58.9 Å². The minimum Gasteiger partial charge on any atom is -0.308 e. The summed E-state index contributed by atoms with van der Waals surface area (Å²) in [4.78, 5) is 5.51. The molecule has 0 saturated carbocycles. The molecule has 0 aliphatic heterocycles. The van der Waals surface area contributed by atoms with E-state index in [1.165, 1.54) is 16.0 Å². The van der Waals surface area contributed by atoms with E-state index in [0.29, 0.717) is 0 Å². The number of aromatic nitrogens is 3. The van der Waals surface area contributed by atoms with Crippen molar-refractivity contribution in [2.45, 2.75) is 20.0 Å². The summed E-state index contributed by atoms with van der Waals surface area (Å²) in [6.45, 7) is 3.59. The zero-order valence-corrected chi connectivity index (χ0v) is 12.1. The van der Waals surface area contributed by atoms with Crippen molar-refractivity contribution in [3.63, 3.8) is 0 Å². The summed E-state index contributed by atoms with van der Waals surface area (Å²) in [6.07, 6.45) is 3.80. The third-order valence-electron chi connectivity index (χ3n) is 3.10. The highest BCUT2D eigenvalue weighted by Gasteiger charge is 2.07. The smallest absolute Gasteiger partial charge is 0.0794 e. The average Bonchev–Trinajstić information content (AvgIpc) is 3.11. The van der Waals surface area contributed by atoms with Crippen LogP contribution in [0.5, 0.6) is 0 Å². The Balaban J connectivity index is 1.62. The largest absolute Gasteiger partial charge is 0.308 e. The molecule has 2 N–H and O–H groups in total. The summed E-state index contributed by atoms with van der Waals surface area (Å²) >= 11 is 1.72. The summed E-state index contributed by atoms with van der Waals surface area (Å²) in [5, 5.41) is 12.7. The van der Waals surface area contributed by atoms with Gasteiger partial charge in [-0.1, -0.05) is 12.1 Å². The molecule has 0 unspecified atom stereocenters. The van der Waals surface area contributed by atoms with Crippen LogP contribution < -0.4 is 5.32 Å². The first-order chi connectivity index (χ1) is 9.83. The lowest BCUT2D eigenvalue weighted by molar-refractivity contribution is 0.692. The number of rotatable bonds is 5. The number of hydrogen-bond donors (Lipinski definition) is 2. The van der Waals surface area contributed by atoms with Crippen LogP contribution in [0.4, 0.5) is 0 Å². The van der Waals surface area contributed by atoms with E-state index in [1.807, 2.05) is 25.4 Å². The first-order valence-electron chi connectivity index (χ1n) is 6.51. The SMILES string of the molecule is Cc1ccc(CNCc2cn[nH]c2-c2cccs2)cn1. The molecule has 4 nitrogen and oxygen atoms in total. The molecule has 0 bridgehead atoms. The van der Waals surface area contributed by atoms with Crippen LogP contribution in [0.25, 0.3) is 10.6 Å². The summed E-state index contributed by atoms with van der Waals surface area (Å²) in [6, 6.07) is 8.29. The zero-order valence-electron chi connectivity index (χ0n) is 11.3. The molecule has 0 saturated heterocycles. The molecule has 3 aromatic heterocycles. The lowest BCUT2D eigenvalue weighted by Gasteiger charge is -2.05. The molecule has 3 heterocycles. The van der Waals surface area contributed by atoms with Gasteiger partial charge in [-0.2, -0.15) is 5.10 Å². The van der Waals surface area contributed by atoms with E-state index >= 15 is 0 Å². The molecule has 0 amide bonds. The van der Waals surface area contributed by atoms with Gasteiger partial charge >= 0.3 is 0 Å². The second-order valence-corrected chi connectivity index (χ2v) is 5.61. The number of thiophene rings is 1. The maximum atomic E-state index is 4.30. The van der Waals surface area contributed by atoms with E-state index < -0.39 is 0 Å². The van der Waals surface area contributed by atoms with Crippen molar-refractivity contribution in [1.29, 1.82) is 0 Å². The second-order valence-electron chi connectivity index (χ2n) is 4.66. The van der Waals surface area contributed by atoms with Crippen molar-refractivity contribution in [2.75, 3.05) is 0 Å². The topological polar surface area (TPSA) is 53.6 Å². The molecule has 0 aromatic carbocycles. The van der Waals surface area contributed by atoms with Gasteiger partial charge in [0.1, 0.15) is 0 Å². The average molecular weight is 284 g/mol. The van der Waals surface area contributed by atoms with Gasteiger partial charge in [-0.3, -0.25) is 10.1 Å². The van der Waals surface area contributed by atoms with Crippen LogP contribution >= 0.6 is 11.3 Å². The normalized spacial score (nSPS) is 10.8. The number of hydrogen-bond acceptors (Lipinski definition) is 4. The van der Waals surface area contributed by atoms with E-state index in [1.54, 1.807) is 11.3 Å². The molecule has 0 aliphatic carbocycles. The molecule has 102 valence electrons. The van der Waals surface area contributed by atoms with E-state index in [9.17, 15) is 0 Å². The molecule has 5 heteroatoms. The predicted octanol–water partition coefficient (Wildman–Crippen LogP) is 3.13. The molecular weight excluding hydrogens is 268 g/mol. The van der Waals surface area contributed by atoms with Crippen molar-refractivity contribution in [3.8, 4) is 10.6 Å². The Kier molecular flexibility index (Phi) is 3.90. The molecule has 0 fully saturated rings. The Morgan fingerprint density at radius 3 is 2.90 bits per heavy atom. The number of pyridine rings is 1. The van der Waals surface area contributed by atoms with Crippen molar-refractivity contribution in [2.24, 2.45) is 0 Å². The fourth-order valence-electron chi connectivity index (χ4n) is 2.02. The van der Waals surface area contributed by atoms with Crippen LogP contribution in [0.1, 0.15) is 16.8 Å². The number of H-pyrrole nitrogens is 1. The maximum Gasteiger partial charge on any atom is 0.0794 e. The number of nitrogens with zero attached hydrogens (tertiary/aromatic N) is 2. The fraction of sp³-hybridized carbons (Fsp3) is 0.200. The molecule has 3 aromatic rings. The molecule has 0 spiro atoms. The Morgan fingerprint density at radius 2 is 2.15 bits per heavy atom. The number of aryl methyl sites for hydroxylation is 1. The second kappa shape index (κ2) is 5.98. The van der Waals surface area contributed by atoms with Gasteiger partial charge in [0.15, 0.2) is 0 Å². The van der Waals surface area contributed by atoms with Crippen LogP contribution in [0.2, 0.25) is 0 Å². The van der Waals surface area contributed by atoms with Crippen LogP contribution in [-0.4, -0.2) is 15.2 Å². The van der Waals surface area contributed by atoms with E-state index in [4.69, 9.17) is 0 Å². The van der Waals surface area contributed by atoms with Crippen LogP contribution in [0.3, 0.4) is 0 Å². The highest BCUT2D eigenvalue weighted by Crippen LogP contribution is 2.25. The van der Waals surface area contributed by atoms with Crippen LogP contribution in [0.15, 0.2) is 42.0 Å². The lowest BCUT2D eigenvalue weighted by Crippen LogP contribution is -2.13. The van der Waals surface area contributed by atoms with Gasteiger partial charge in [-0.15, -0.1) is 11.3 Å². The third-order valence-corrected chi connectivity index (χ3v) is 3.99.